The number of oxazole rings is 1. The third-order valence-electron chi connectivity index (χ3n) is 6.45. The Morgan fingerprint density at radius 2 is 1.79 bits per heavy atom. The lowest BCUT2D eigenvalue weighted by Crippen LogP contribution is -2.41. The maximum atomic E-state index is 13.4. The van der Waals surface area contributed by atoms with Crippen LogP contribution in [0.4, 0.5) is 0 Å². The van der Waals surface area contributed by atoms with Crippen molar-refractivity contribution < 1.29 is 27.1 Å². The highest BCUT2D eigenvalue weighted by atomic mass is 32.2. The highest BCUT2D eigenvalue weighted by Crippen LogP contribution is 2.32. The summed E-state index contributed by atoms with van der Waals surface area (Å²) < 4.78 is 44.2. The molecule has 3 heterocycles. The molecule has 1 amide bonds. The number of carbonyl (C=O) groups is 1. The van der Waals surface area contributed by atoms with Crippen LogP contribution >= 0.6 is 0 Å². The molecular weight excluding hydrogens is 458 g/mol. The second-order valence-corrected chi connectivity index (χ2v) is 10.4. The number of fused-ring (bicyclic) bond motifs is 1. The number of para-hydroxylation sites is 2. The number of methoxy groups -OCH3 is 1. The Hall–Kier alpha value is -2.95. The molecule has 9 nitrogen and oxygen atoms in total. The minimum absolute atomic E-state index is 0.0833. The number of morpholine rings is 1. The Morgan fingerprint density at radius 1 is 1.06 bits per heavy atom. The van der Waals surface area contributed by atoms with E-state index in [0.29, 0.717) is 63.9 Å². The summed E-state index contributed by atoms with van der Waals surface area (Å²) in [7, 11) is -2.25. The maximum Gasteiger partial charge on any atom is 0.257 e. The first-order chi connectivity index (χ1) is 16.5. The first-order valence-corrected chi connectivity index (χ1v) is 12.8. The van der Waals surface area contributed by atoms with Crippen molar-refractivity contribution in [3.63, 3.8) is 0 Å². The van der Waals surface area contributed by atoms with E-state index in [-0.39, 0.29) is 22.3 Å². The Labute approximate surface area is 198 Å². The summed E-state index contributed by atoms with van der Waals surface area (Å²) in [4.78, 5) is 19.8. The van der Waals surface area contributed by atoms with E-state index >= 15 is 0 Å². The van der Waals surface area contributed by atoms with Crippen molar-refractivity contribution in [2.75, 3.05) is 46.5 Å². The van der Waals surface area contributed by atoms with E-state index in [2.05, 4.69) is 4.98 Å². The van der Waals surface area contributed by atoms with Crippen molar-refractivity contribution in [1.29, 1.82) is 0 Å². The Kier molecular flexibility index (Phi) is 6.28. The van der Waals surface area contributed by atoms with Crippen molar-refractivity contribution in [3.05, 3.63) is 53.9 Å². The molecule has 0 radical (unpaired) electrons. The van der Waals surface area contributed by atoms with Gasteiger partial charge in [0.1, 0.15) is 11.3 Å². The molecule has 2 fully saturated rings. The lowest BCUT2D eigenvalue weighted by Gasteiger charge is -2.31. The van der Waals surface area contributed by atoms with Crippen LogP contribution in [0.3, 0.4) is 0 Å². The van der Waals surface area contributed by atoms with Gasteiger partial charge in [-0.3, -0.25) is 4.79 Å². The zero-order valence-electron chi connectivity index (χ0n) is 19.0. The first-order valence-electron chi connectivity index (χ1n) is 11.4. The molecule has 0 spiro atoms. The van der Waals surface area contributed by atoms with Crippen LogP contribution in [0.2, 0.25) is 0 Å². The fourth-order valence-corrected chi connectivity index (χ4v) is 5.95. The second kappa shape index (κ2) is 9.36. The number of likely N-dealkylation sites (tertiary alicyclic amines) is 1. The average Bonchev–Trinajstić information content (AvgIpc) is 3.33. The summed E-state index contributed by atoms with van der Waals surface area (Å²) in [6, 6.07) is 12.1. The van der Waals surface area contributed by atoms with E-state index < -0.39 is 10.0 Å². The van der Waals surface area contributed by atoms with Gasteiger partial charge in [0.2, 0.25) is 10.0 Å². The molecular formula is C24H27N3O6S. The first kappa shape index (κ1) is 22.8. The van der Waals surface area contributed by atoms with E-state index in [0.717, 1.165) is 11.1 Å². The number of nitrogens with zero attached hydrogens (tertiary/aromatic N) is 3. The van der Waals surface area contributed by atoms with Crippen LogP contribution < -0.4 is 4.74 Å². The van der Waals surface area contributed by atoms with Gasteiger partial charge in [0, 0.05) is 32.1 Å². The highest BCUT2D eigenvalue weighted by molar-refractivity contribution is 7.89. The van der Waals surface area contributed by atoms with Crippen LogP contribution in [-0.4, -0.2) is 75.0 Å². The van der Waals surface area contributed by atoms with Gasteiger partial charge in [0.15, 0.2) is 11.5 Å². The van der Waals surface area contributed by atoms with Crippen molar-refractivity contribution in [1.82, 2.24) is 14.2 Å². The van der Waals surface area contributed by atoms with Crippen LogP contribution in [0.1, 0.15) is 35.0 Å². The van der Waals surface area contributed by atoms with Gasteiger partial charge in [-0.25, -0.2) is 13.4 Å². The van der Waals surface area contributed by atoms with Crippen molar-refractivity contribution in [3.8, 4) is 5.75 Å². The van der Waals surface area contributed by atoms with E-state index in [1.54, 1.807) is 11.0 Å². The van der Waals surface area contributed by atoms with Gasteiger partial charge in [0.05, 0.1) is 30.8 Å². The third-order valence-corrected chi connectivity index (χ3v) is 8.35. The minimum atomic E-state index is -3.73. The van der Waals surface area contributed by atoms with E-state index in [4.69, 9.17) is 13.9 Å². The number of sulfonamides is 1. The predicted octanol–water partition coefficient (Wildman–Crippen LogP) is 2.88. The van der Waals surface area contributed by atoms with Gasteiger partial charge in [-0.2, -0.15) is 4.31 Å². The molecule has 0 saturated carbocycles. The van der Waals surface area contributed by atoms with Gasteiger partial charge in [-0.1, -0.05) is 12.1 Å². The lowest BCUT2D eigenvalue weighted by molar-refractivity contribution is 0.0702. The number of amides is 1. The molecule has 5 rings (SSSR count). The topological polar surface area (TPSA) is 102 Å². The highest BCUT2D eigenvalue weighted by Gasteiger charge is 2.31. The number of ether oxygens (including phenoxy) is 2. The summed E-state index contributed by atoms with van der Waals surface area (Å²) in [5.74, 6) is 0.940. The molecule has 180 valence electrons. The monoisotopic (exact) mass is 485 g/mol. The summed E-state index contributed by atoms with van der Waals surface area (Å²) in [5.41, 5.74) is 1.84. The molecule has 34 heavy (non-hydrogen) atoms. The Balaban J connectivity index is 1.33. The summed E-state index contributed by atoms with van der Waals surface area (Å²) in [6.45, 7) is 2.34. The number of hydrogen-bond donors (Lipinski definition) is 0. The number of piperidine rings is 1. The lowest BCUT2D eigenvalue weighted by atomic mass is 9.96. The van der Waals surface area contributed by atoms with Crippen molar-refractivity contribution in [2.24, 2.45) is 0 Å². The molecule has 10 heteroatoms. The second-order valence-electron chi connectivity index (χ2n) is 8.46. The molecule has 2 saturated heterocycles. The predicted molar refractivity (Wildman–Crippen MR) is 124 cm³/mol. The fourth-order valence-electron chi connectivity index (χ4n) is 4.52. The van der Waals surface area contributed by atoms with E-state index in [1.165, 1.54) is 23.5 Å². The number of hydrogen-bond acceptors (Lipinski definition) is 7. The molecule has 2 aliphatic rings. The number of aromatic nitrogens is 1. The van der Waals surface area contributed by atoms with Crippen molar-refractivity contribution >= 4 is 27.0 Å². The smallest absolute Gasteiger partial charge is 0.257 e. The van der Waals surface area contributed by atoms with Gasteiger partial charge in [-0.15, -0.1) is 0 Å². The average molecular weight is 486 g/mol. The summed E-state index contributed by atoms with van der Waals surface area (Å²) in [6.07, 6.45) is 1.43. The number of benzene rings is 2. The van der Waals surface area contributed by atoms with Crippen molar-refractivity contribution in [2.45, 2.75) is 23.7 Å². The Bertz CT molecular complexity index is 1260. The molecule has 0 bridgehead atoms. The fraction of sp³-hybridized carbons (Fsp3) is 0.417. The Morgan fingerprint density at radius 3 is 2.50 bits per heavy atom. The summed E-state index contributed by atoms with van der Waals surface area (Å²) >= 11 is 0. The zero-order valence-corrected chi connectivity index (χ0v) is 19.8. The van der Waals surface area contributed by atoms with Crippen LogP contribution in [0.5, 0.6) is 5.75 Å². The summed E-state index contributed by atoms with van der Waals surface area (Å²) in [5, 5.41) is 0. The molecule has 0 unspecified atom stereocenters. The molecule has 0 N–H and O–H groups in total. The van der Waals surface area contributed by atoms with Crippen LogP contribution in [0, 0.1) is 0 Å². The van der Waals surface area contributed by atoms with Crippen LogP contribution in [-0.2, 0) is 14.8 Å². The SMILES string of the molecule is COc1ccc(S(=O)(=O)N2CCOCC2)cc1C(=O)N1CCC(c2nc3ccccc3o2)CC1. The van der Waals surface area contributed by atoms with Gasteiger partial charge >= 0.3 is 0 Å². The minimum Gasteiger partial charge on any atom is -0.496 e. The maximum absolute atomic E-state index is 13.4. The van der Waals surface area contributed by atoms with Gasteiger partial charge < -0.3 is 18.8 Å². The van der Waals surface area contributed by atoms with Crippen LogP contribution in [0.25, 0.3) is 11.1 Å². The number of carbonyl (C=O) groups excluding carboxylic acids is 1. The number of rotatable bonds is 5. The third kappa shape index (κ3) is 4.28. The van der Waals surface area contributed by atoms with Crippen LogP contribution in [0.15, 0.2) is 51.8 Å². The molecule has 0 aliphatic carbocycles. The molecule has 2 aromatic carbocycles. The van der Waals surface area contributed by atoms with Gasteiger partial charge in [0.25, 0.3) is 5.91 Å². The standard InChI is InChI=1S/C24H27N3O6S/c1-31-21-7-6-18(34(29,30)27-12-14-32-15-13-27)16-19(21)24(28)26-10-8-17(9-11-26)23-25-20-4-2-3-5-22(20)33-23/h2-7,16-17H,8-15H2,1H3. The molecule has 0 atom stereocenters. The largest absolute Gasteiger partial charge is 0.496 e. The quantitative estimate of drug-likeness (QED) is 0.548. The van der Waals surface area contributed by atoms with Gasteiger partial charge in [-0.05, 0) is 43.2 Å². The van der Waals surface area contributed by atoms with E-state index in [1.807, 2.05) is 24.3 Å². The molecule has 3 aromatic rings. The normalized spacial score (nSPS) is 18.3. The zero-order chi connectivity index (χ0) is 23.7. The molecule has 2 aliphatic heterocycles. The molecule has 1 aromatic heterocycles. The van der Waals surface area contributed by atoms with E-state index in [9.17, 15) is 13.2 Å².